The topological polar surface area (TPSA) is 49.8 Å². The van der Waals surface area contributed by atoms with Crippen LogP contribution in [-0.2, 0) is 9.53 Å². The van der Waals surface area contributed by atoms with Crippen LogP contribution in [0.15, 0.2) is 0 Å². The number of rotatable bonds is 5. The highest BCUT2D eigenvalue weighted by atomic mass is 16.5. The molecule has 0 aromatic carbocycles. The van der Waals surface area contributed by atoms with Gasteiger partial charge in [-0.15, -0.1) is 0 Å². The quantitative estimate of drug-likeness (QED) is 0.749. The molecule has 0 aromatic rings. The Morgan fingerprint density at radius 1 is 1.60 bits per heavy atom. The summed E-state index contributed by atoms with van der Waals surface area (Å²) in [5, 5.41) is 8.54. The standard InChI is InChI=1S/C11H21NO3/c1-9-5-7-12(8-10(9)15-2)6-3-4-11(13)14/h9-10H,3-8H2,1-2H3,(H,13,14). The monoisotopic (exact) mass is 215 g/mol. The molecule has 88 valence electrons. The molecular weight excluding hydrogens is 194 g/mol. The second-order valence-corrected chi connectivity index (χ2v) is 4.34. The van der Waals surface area contributed by atoms with Gasteiger partial charge < -0.3 is 14.7 Å². The molecule has 1 heterocycles. The molecule has 1 aliphatic heterocycles. The molecule has 1 N–H and O–H groups in total. The van der Waals surface area contributed by atoms with E-state index in [0.29, 0.717) is 12.0 Å². The summed E-state index contributed by atoms with van der Waals surface area (Å²) in [5.41, 5.74) is 0. The normalized spacial score (nSPS) is 27.9. The Morgan fingerprint density at radius 3 is 2.93 bits per heavy atom. The number of carboxylic acids is 1. The maximum atomic E-state index is 10.4. The average Bonchev–Trinajstić information content (AvgIpc) is 2.20. The van der Waals surface area contributed by atoms with Gasteiger partial charge in [0.15, 0.2) is 0 Å². The van der Waals surface area contributed by atoms with E-state index in [0.717, 1.165) is 32.5 Å². The zero-order valence-electron chi connectivity index (χ0n) is 9.61. The number of hydrogen-bond acceptors (Lipinski definition) is 3. The van der Waals surface area contributed by atoms with Crippen LogP contribution >= 0.6 is 0 Å². The molecule has 0 aliphatic carbocycles. The average molecular weight is 215 g/mol. The van der Waals surface area contributed by atoms with E-state index in [1.165, 1.54) is 0 Å². The van der Waals surface area contributed by atoms with Crippen LogP contribution in [0.2, 0.25) is 0 Å². The van der Waals surface area contributed by atoms with E-state index in [9.17, 15) is 4.79 Å². The third kappa shape index (κ3) is 4.18. The zero-order chi connectivity index (χ0) is 11.3. The molecule has 0 aromatic heterocycles. The first-order chi connectivity index (χ1) is 7.13. The van der Waals surface area contributed by atoms with Crippen LogP contribution in [0.4, 0.5) is 0 Å². The van der Waals surface area contributed by atoms with E-state index in [4.69, 9.17) is 9.84 Å². The lowest BCUT2D eigenvalue weighted by Gasteiger charge is -2.36. The Hall–Kier alpha value is -0.610. The summed E-state index contributed by atoms with van der Waals surface area (Å²) in [5.74, 6) is -0.0885. The summed E-state index contributed by atoms with van der Waals surface area (Å²) in [6, 6.07) is 0. The van der Waals surface area contributed by atoms with Crippen LogP contribution in [0.25, 0.3) is 0 Å². The number of nitrogens with zero attached hydrogens (tertiary/aromatic N) is 1. The van der Waals surface area contributed by atoms with Gasteiger partial charge in [-0.25, -0.2) is 0 Å². The van der Waals surface area contributed by atoms with Crippen LogP contribution in [0.5, 0.6) is 0 Å². The van der Waals surface area contributed by atoms with Gasteiger partial charge >= 0.3 is 5.97 Å². The van der Waals surface area contributed by atoms with Crippen molar-refractivity contribution in [1.29, 1.82) is 0 Å². The van der Waals surface area contributed by atoms with Gasteiger partial charge in [0, 0.05) is 20.1 Å². The Balaban J connectivity index is 2.23. The first-order valence-corrected chi connectivity index (χ1v) is 5.60. The van der Waals surface area contributed by atoms with Gasteiger partial charge in [0.2, 0.25) is 0 Å². The SMILES string of the molecule is COC1CN(CCCC(=O)O)CCC1C. The molecule has 1 saturated heterocycles. The van der Waals surface area contributed by atoms with Crippen molar-refractivity contribution in [3.05, 3.63) is 0 Å². The second-order valence-electron chi connectivity index (χ2n) is 4.34. The van der Waals surface area contributed by atoms with Gasteiger partial charge in [-0.05, 0) is 31.8 Å². The van der Waals surface area contributed by atoms with E-state index in [1.807, 2.05) is 0 Å². The van der Waals surface area contributed by atoms with Crippen molar-refractivity contribution in [3.63, 3.8) is 0 Å². The maximum absolute atomic E-state index is 10.4. The minimum atomic E-state index is -0.705. The van der Waals surface area contributed by atoms with Gasteiger partial charge in [-0.2, -0.15) is 0 Å². The third-order valence-electron chi connectivity index (χ3n) is 3.14. The zero-order valence-corrected chi connectivity index (χ0v) is 9.61. The predicted molar refractivity (Wildman–Crippen MR) is 57.9 cm³/mol. The van der Waals surface area contributed by atoms with Gasteiger partial charge in [-0.1, -0.05) is 6.92 Å². The van der Waals surface area contributed by atoms with Crippen molar-refractivity contribution in [3.8, 4) is 0 Å². The number of hydrogen-bond donors (Lipinski definition) is 1. The van der Waals surface area contributed by atoms with E-state index >= 15 is 0 Å². The molecule has 0 radical (unpaired) electrons. The summed E-state index contributed by atoms with van der Waals surface area (Å²) < 4.78 is 5.40. The lowest BCUT2D eigenvalue weighted by atomic mass is 9.96. The van der Waals surface area contributed by atoms with Crippen molar-refractivity contribution >= 4 is 5.97 Å². The molecule has 1 fully saturated rings. The molecule has 15 heavy (non-hydrogen) atoms. The fourth-order valence-corrected chi connectivity index (χ4v) is 2.06. The molecule has 2 atom stereocenters. The fraction of sp³-hybridized carbons (Fsp3) is 0.909. The van der Waals surface area contributed by atoms with E-state index in [1.54, 1.807) is 7.11 Å². The minimum absolute atomic E-state index is 0.268. The molecule has 0 saturated carbocycles. The number of carboxylic acid groups (broad SMARTS) is 1. The number of methoxy groups -OCH3 is 1. The van der Waals surface area contributed by atoms with Crippen LogP contribution in [0.1, 0.15) is 26.2 Å². The van der Waals surface area contributed by atoms with Gasteiger partial charge in [0.25, 0.3) is 0 Å². The summed E-state index contributed by atoms with van der Waals surface area (Å²) in [6.07, 6.45) is 2.46. The van der Waals surface area contributed by atoms with Crippen LogP contribution < -0.4 is 0 Å². The van der Waals surface area contributed by atoms with E-state index in [2.05, 4.69) is 11.8 Å². The van der Waals surface area contributed by atoms with E-state index < -0.39 is 5.97 Å². The fourth-order valence-electron chi connectivity index (χ4n) is 2.06. The maximum Gasteiger partial charge on any atom is 0.303 e. The predicted octanol–water partition coefficient (Wildman–Crippen LogP) is 1.21. The smallest absolute Gasteiger partial charge is 0.303 e. The second kappa shape index (κ2) is 6.08. The Bertz CT molecular complexity index is 208. The van der Waals surface area contributed by atoms with Crippen molar-refractivity contribution in [2.75, 3.05) is 26.7 Å². The number of piperidine rings is 1. The summed E-state index contributed by atoms with van der Waals surface area (Å²) >= 11 is 0. The van der Waals surface area contributed by atoms with Gasteiger partial charge in [0.1, 0.15) is 0 Å². The van der Waals surface area contributed by atoms with Gasteiger partial charge in [-0.3, -0.25) is 4.79 Å². The lowest BCUT2D eigenvalue weighted by molar-refractivity contribution is -0.137. The largest absolute Gasteiger partial charge is 0.481 e. The molecule has 0 amide bonds. The molecule has 0 bridgehead atoms. The summed E-state index contributed by atoms with van der Waals surface area (Å²) in [7, 11) is 1.75. The molecule has 1 aliphatic rings. The van der Waals surface area contributed by atoms with Crippen LogP contribution in [0.3, 0.4) is 0 Å². The molecule has 4 nitrogen and oxygen atoms in total. The highest BCUT2D eigenvalue weighted by Gasteiger charge is 2.25. The van der Waals surface area contributed by atoms with Crippen molar-refractivity contribution < 1.29 is 14.6 Å². The summed E-state index contributed by atoms with van der Waals surface area (Å²) in [4.78, 5) is 12.7. The highest BCUT2D eigenvalue weighted by Crippen LogP contribution is 2.19. The lowest BCUT2D eigenvalue weighted by Crippen LogP contribution is -2.44. The molecule has 1 rings (SSSR count). The van der Waals surface area contributed by atoms with Crippen molar-refractivity contribution in [1.82, 2.24) is 4.90 Å². The first-order valence-electron chi connectivity index (χ1n) is 5.60. The van der Waals surface area contributed by atoms with E-state index in [-0.39, 0.29) is 6.42 Å². The van der Waals surface area contributed by atoms with Crippen molar-refractivity contribution in [2.45, 2.75) is 32.3 Å². The Morgan fingerprint density at radius 2 is 2.33 bits per heavy atom. The third-order valence-corrected chi connectivity index (χ3v) is 3.14. The molecule has 0 spiro atoms. The van der Waals surface area contributed by atoms with Crippen LogP contribution in [0, 0.1) is 5.92 Å². The molecular formula is C11H21NO3. The van der Waals surface area contributed by atoms with Crippen LogP contribution in [-0.4, -0.2) is 48.8 Å². The Labute approximate surface area is 91.2 Å². The molecule has 2 unspecified atom stereocenters. The number of aliphatic carboxylic acids is 1. The number of ether oxygens (including phenoxy) is 1. The first kappa shape index (κ1) is 12.5. The number of carbonyl (C=O) groups is 1. The molecule has 4 heteroatoms. The van der Waals surface area contributed by atoms with Gasteiger partial charge in [0.05, 0.1) is 6.10 Å². The highest BCUT2D eigenvalue weighted by molar-refractivity contribution is 5.66. The minimum Gasteiger partial charge on any atom is -0.481 e. The Kier molecular flexibility index (Phi) is 5.05. The summed E-state index contributed by atoms with van der Waals surface area (Å²) in [6.45, 7) is 5.10. The van der Waals surface area contributed by atoms with Crippen molar-refractivity contribution in [2.24, 2.45) is 5.92 Å². The number of likely N-dealkylation sites (tertiary alicyclic amines) is 1.